The number of amides is 1. The third-order valence-electron chi connectivity index (χ3n) is 3.01. The van der Waals surface area contributed by atoms with Gasteiger partial charge in [0, 0.05) is 0 Å². The molecule has 17 heavy (non-hydrogen) atoms. The van der Waals surface area contributed by atoms with Gasteiger partial charge in [0.1, 0.15) is 5.54 Å². The minimum Gasteiger partial charge on any atom is -0.480 e. The summed E-state index contributed by atoms with van der Waals surface area (Å²) in [4.78, 5) is 23.6. The number of thiophene rings is 1. The van der Waals surface area contributed by atoms with Crippen LogP contribution in [0.5, 0.6) is 0 Å². The van der Waals surface area contributed by atoms with Crippen molar-refractivity contribution in [3.05, 3.63) is 21.3 Å². The molecule has 0 radical (unpaired) electrons. The molecule has 4 nitrogen and oxygen atoms in total. The highest BCUT2D eigenvalue weighted by molar-refractivity contribution is 7.18. The minimum atomic E-state index is -1.17. The van der Waals surface area contributed by atoms with E-state index >= 15 is 0 Å². The summed E-state index contributed by atoms with van der Waals surface area (Å²) in [6.07, 6.45) is 1.68. The molecule has 1 aromatic heterocycles. The second-order valence-electron chi connectivity index (χ2n) is 4.34. The molecule has 1 fully saturated rings. The summed E-state index contributed by atoms with van der Waals surface area (Å²) in [5.74, 6) is -1.34. The molecule has 0 saturated heterocycles. The van der Waals surface area contributed by atoms with Gasteiger partial charge in [-0.3, -0.25) is 4.79 Å². The molecule has 2 N–H and O–H groups in total. The lowest BCUT2D eigenvalue weighted by Gasteiger charge is -2.25. The van der Waals surface area contributed by atoms with Gasteiger partial charge in [0.2, 0.25) is 0 Å². The van der Waals surface area contributed by atoms with Crippen LogP contribution in [-0.4, -0.2) is 22.5 Å². The molecular formula is C11H12ClNO3S. The number of carbonyl (C=O) groups is 2. The Morgan fingerprint density at radius 1 is 1.53 bits per heavy atom. The van der Waals surface area contributed by atoms with E-state index in [0.29, 0.717) is 9.21 Å². The maximum atomic E-state index is 11.9. The van der Waals surface area contributed by atoms with Gasteiger partial charge in [-0.1, -0.05) is 11.6 Å². The molecule has 1 atom stereocenters. The Morgan fingerprint density at radius 2 is 2.18 bits per heavy atom. The van der Waals surface area contributed by atoms with E-state index in [1.54, 1.807) is 19.1 Å². The molecule has 1 saturated carbocycles. The Morgan fingerprint density at radius 3 is 2.59 bits per heavy atom. The lowest BCUT2D eigenvalue weighted by atomic mass is 9.96. The zero-order chi connectivity index (χ0) is 12.6. The van der Waals surface area contributed by atoms with Crippen molar-refractivity contribution < 1.29 is 14.7 Å². The number of halogens is 1. The van der Waals surface area contributed by atoms with Crippen LogP contribution < -0.4 is 5.32 Å². The fraction of sp³-hybridized carbons (Fsp3) is 0.455. The highest BCUT2D eigenvalue weighted by Gasteiger charge is 2.48. The van der Waals surface area contributed by atoms with Gasteiger partial charge in [-0.2, -0.15) is 0 Å². The van der Waals surface area contributed by atoms with Gasteiger partial charge in [0.25, 0.3) is 5.91 Å². The first kappa shape index (κ1) is 12.4. The summed E-state index contributed by atoms with van der Waals surface area (Å²) >= 11 is 6.88. The summed E-state index contributed by atoms with van der Waals surface area (Å²) in [6, 6.07) is 3.22. The van der Waals surface area contributed by atoms with E-state index < -0.39 is 11.5 Å². The van der Waals surface area contributed by atoms with Crippen LogP contribution >= 0.6 is 22.9 Å². The van der Waals surface area contributed by atoms with Crippen molar-refractivity contribution in [1.82, 2.24) is 5.32 Å². The Labute approximate surface area is 108 Å². The van der Waals surface area contributed by atoms with Crippen LogP contribution in [0.3, 0.4) is 0 Å². The van der Waals surface area contributed by atoms with Gasteiger partial charge in [-0.05, 0) is 37.8 Å². The Bertz CT molecular complexity index is 469. The summed E-state index contributed by atoms with van der Waals surface area (Å²) in [5.41, 5.74) is -1.17. The van der Waals surface area contributed by atoms with Crippen LogP contribution in [0.2, 0.25) is 4.34 Å². The van der Waals surface area contributed by atoms with Crippen LogP contribution in [0.25, 0.3) is 0 Å². The summed E-state index contributed by atoms with van der Waals surface area (Å²) in [6.45, 7) is 1.56. The quantitative estimate of drug-likeness (QED) is 0.885. The molecule has 0 aromatic carbocycles. The monoisotopic (exact) mass is 273 g/mol. The predicted octanol–water partition coefficient (Wildman–Crippen LogP) is 2.38. The summed E-state index contributed by atoms with van der Waals surface area (Å²) in [5, 5.41) is 11.8. The van der Waals surface area contributed by atoms with Gasteiger partial charge in [-0.25, -0.2) is 4.79 Å². The highest BCUT2D eigenvalue weighted by atomic mass is 35.5. The zero-order valence-electron chi connectivity index (χ0n) is 9.20. The number of nitrogens with one attached hydrogen (secondary N) is 1. The lowest BCUT2D eigenvalue weighted by Crippen LogP contribution is -2.53. The fourth-order valence-electron chi connectivity index (χ4n) is 1.72. The number of carbonyl (C=O) groups excluding carboxylic acids is 1. The molecule has 0 bridgehead atoms. The first-order valence-electron chi connectivity index (χ1n) is 5.24. The van der Waals surface area contributed by atoms with E-state index in [4.69, 9.17) is 11.6 Å². The van der Waals surface area contributed by atoms with Crippen molar-refractivity contribution in [1.29, 1.82) is 0 Å². The van der Waals surface area contributed by atoms with E-state index in [2.05, 4.69) is 5.32 Å². The SMILES string of the molecule is C[C@](NC(=O)c1ccc(Cl)s1)(C(=O)O)C1CC1. The molecule has 0 unspecified atom stereocenters. The molecule has 1 heterocycles. The smallest absolute Gasteiger partial charge is 0.329 e. The fourth-order valence-corrected chi connectivity index (χ4v) is 2.66. The van der Waals surface area contributed by atoms with Crippen molar-refractivity contribution >= 4 is 34.8 Å². The molecule has 0 spiro atoms. The number of hydrogen-bond acceptors (Lipinski definition) is 3. The van der Waals surface area contributed by atoms with E-state index in [0.717, 1.165) is 24.2 Å². The summed E-state index contributed by atoms with van der Waals surface area (Å²) in [7, 11) is 0. The van der Waals surface area contributed by atoms with E-state index in [1.165, 1.54) is 0 Å². The highest BCUT2D eigenvalue weighted by Crippen LogP contribution is 2.40. The van der Waals surface area contributed by atoms with Gasteiger partial charge < -0.3 is 10.4 Å². The second kappa shape index (κ2) is 4.31. The van der Waals surface area contributed by atoms with Gasteiger partial charge in [0.05, 0.1) is 9.21 Å². The molecule has 1 aliphatic rings. The van der Waals surface area contributed by atoms with E-state index in [-0.39, 0.29) is 11.8 Å². The van der Waals surface area contributed by atoms with Crippen molar-refractivity contribution in [2.45, 2.75) is 25.3 Å². The van der Waals surface area contributed by atoms with E-state index in [9.17, 15) is 14.7 Å². The molecule has 1 aromatic rings. The maximum Gasteiger partial charge on any atom is 0.329 e. The first-order chi connectivity index (χ1) is 7.93. The van der Waals surface area contributed by atoms with Crippen molar-refractivity contribution in [2.24, 2.45) is 5.92 Å². The van der Waals surface area contributed by atoms with Crippen LogP contribution in [0.1, 0.15) is 29.4 Å². The minimum absolute atomic E-state index is 0.0272. The van der Waals surface area contributed by atoms with Crippen LogP contribution in [0.15, 0.2) is 12.1 Å². The molecular weight excluding hydrogens is 262 g/mol. The van der Waals surface area contributed by atoms with Crippen LogP contribution in [-0.2, 0) is 4.79 Å². The van der Waals surface area contributed by atoms with Gasteiger partial charge >= 0.3 is 5.97 Å². The number of carboxylic acid groups (broad SMARTS) is 1. The molecule has 1 amide bonds. The Hall–Kier alpha value is -1.07. The average Bonchev–Trinajstić information content (AvgIpc) is 3.01. The number of rotatable bonds is 4. The third kappa shape index (κ3) is 2.45. The first-order valence-corrected chi connectivity index (χ1v) is 6.44. The zero-order valence-corrected chi connectivity index (χ0v) is 10.8. The van der Waals surface area contributed by atoms with Gasteiger partial charge in [0.15, 0.2) is 0 Å². The largest absolute Gasteiger partial charge is 0.480 e. The lowest BCUT2D eigenvalue weighted by molar-refractivity contribution is -0.144. The van der Waals surface area contributed by atoms with Crippen molar-refractivity contribution in [3.8, 4) is 0 Å². The molecule has 6 heteroatoms. The molecule has 0 aliphatic heterocycles. The number of hydrogen-bond donors (Lipinski definition) is 2. The standard InChI is InChI=1S/C11H12ClNO3S/c1-11(10(15)16,6-2-3-6)13-9(14)7-4-5-8(12)17-7/h4-6H,2-3H2,1H3,(H,13,14)(H,15,16)/t11-/m1/s1. The Balaban J connectivity index is 2.14. The maximum absolute atomic E-state index is 11.9. The van der Waals surface area contributed by atoms with Gasteiger partial charge in [-0.15, -0.1) is 11.3 Å². The molecule has 92 valence electrons. The molecule has 2 rings (SSSR count). The number of aliphatic carboxylic acids is 1. The van der Waals surface area contributed by atoms with E-state index in [1.807, 2.05) is 0 Å². The molecule has 1 aliphatic carbocycles. The summed E-state index contributed by atoms with van der Waals surface area (Å²) < 4.78 is 0.513. The topological polar surface area (TPSA) is 66.4 Å². The second-order valence-corrected chi connectivity index (χ2v) is 6.05. The van der Waals surface area contributed by atoms with Crippen LogP contribution in [0, 0.1) is 5.92 Å². The average molecular weight is 274 g/mol. The predicted molar refractivity (Wildman–Crippen MR) is 65.6 cm³/mol. The van der Waals surface area contributed by atoms with Crippen molar-refractivity contribution in [2.75, 3.05) is 0 Å². The van der Waals surface area contributed by atoms with Crippen LogP contribution in [0.4, 0.5) is 0 Å². The number of carboxylic acids is 1. The van der Waals surface area contributed by atoms with Crippen molar-refractivity contribution in [3.63, 3.8) is 0 Å². The third-order valence-corrected chi connectivity index (χ3v) is 4.24. The Kier molecular flexibility index (Phi) is 3.14. The normalized spacial score (nSPS) is 18.5.